The van der Waals surface area contributed by atoms with Gasteiger partial charge in [0, 0.05) is 26.7 Å². The Balaban J connectivity index is 1.98. The average Bonchev–Trinajstić information content (AvgIpc) is 3.05. The molecule has 6 nitrogen and oxygen atoms in total. The average molecular weight is 347 g/mol. The summed E-state index contributed by atoms with van der Waals surface area (Å²) in [5.74, 6) is 0. The van der Waals surface area contributed by atoms with Gasteiger partial charge in [-0.1, -0.05) is 24.4 Å². The zero-order valence-electron chi connectivity index (χ0n) is 12.9. The van der Waals surface area contributed by atoms with Crippen LogP contribution in [0.4, 0.5) is 0 Å². The van der Waals surface area contributed by atoms with Crippen LogP contribution in [0, 0.1) is 0 Å². The number of rotatable bonds is 3. The lowest BCUT2D eigenvalue weighted by atomic mass is 10.1. The van der Waals surface area contributed by atoms with Gasteiger partial charge in [-0.3, -0.25) is 4.68 Å². The number of aromatic nitrogens is 2. The molecular formula is C14H23ClN4O2S. The van der Waals surface area contributed by atoms with Crippen molar-refractivity contribution in [2.24, 2.45) is 7.05 Å². The molecule has 0 bridgehead atoms. The number of aryl methyl sites for hydroxylation is 1. The highest BCUT2D eigenvalue weighted by atomic mass is 35.5. The monoisotopic (exact) mass is 346 g/mol. The Hall–Kier alpha value is -0.630. The molecule has 0 amide bonds. The van der Waals surface area contributed by atoms with E-state index in [1.54, 1.807) is 19.5 Å². The van der Waals surface area contributed by atoms with E-state index in [2.05, 4.69) is 5.10 Å². The Morgan fingerprint density at radius 3 is 2.45 bits per heavy atom. The lowest BCUT2D eigenvalue weighted by molar-refractivity contribution is 0.289. The van der Waals surface area contributed by atoms with Crippen molar-refractivity contribution in [2.45, 2.75) is 44.6 Å². The van der Waals surface area contributed by atoms with Gasteiger partial charge in [-0.2, -0.15) is 22.1 Å². The first kappa shape index (κ1) is 16.2. The molecule has 0 radical (unpaired) electrons. The van der Waals surface area contributed by atoms with Gasteiger partial charge in [-0.05, 0) is 25.7 Å². The van der Waals surface area contributed by atoms with E-state index in [-0.39, 0.29) is 6.04 Å². The summed E-state index contributed by atoms with van der Waals surface area (Å²) in [4.78, 5) is 0. The molecule has 22 heavy (non-hydrogen) atoms. The summed E-state index contributed by atoms with van der Waals surface area (Å²) in [5, 5.41) is 4.74. The Morgan fingerprint density at radius 1 is 1.14 bits per heavy atom. The van der Waals surface area contributed by atoms with E-state index in [0.717, 1.165) is 44.2 Å². The normalized spacial score (nSPS) is 25.5. The maximum Gasteiger partial charge on any atom is 0.282 e. The van der Waals surface area contributed by atoms with Crippen molar-refractivity contribution in [1.82, 2.24) is 18.4 Å². The van der Waals surface area contributed by atoms with E-state index in [4.69, 9.17) is 11.6 Å². The molecule has 0 aliphatic carbocycles. The van der Waals surface area contributed by atoms with E-state index < -0.39 is 10.2 Å². The molecule has 3 rings (SSSR count). The minimum atomic E-state index is -3.43. The van der Waals surface area contributed by atoms with Crippen LogP contribution in [-0.2, 0) is 17.3 Å². The number of halogens is 1. The maximum absolute atomic E-state index is 13.0. The minimum Gasteiger partial charge on any atom is -0.269 e. The first-order valence-corrected chi connectivity index (χ1v) is 9.73. The molecule has 0 unspecified atom stereocenters. The summed E-state index contributed by atoms with van der Waals surface area (Å²) in [6, 6.07) is -0.215. The third kappa shape index (κ3) is 2.91. The van der Waals surface area contributed by atoms with Gasteiger partial charge in [-0.15, -0.1) is 0 Å². The van der Waals surface area contributed by atoms with Gasteiger partial charge in [0.1, 0.15) is 0 Å². The molecule has 1 aromatic rings. The predicted molar refractivity (Wildman–Crippen MR) is 85.9 cm³/mol. The summed E-state index contributed by atoms with van der Waals surface area (Å²) in [6.45, 7) is 1.82. The zero-order valence-corrected chi connectivity index (χ0v) is 14.5. The summed E-state index contributed by atoms with van der Waals surface area (Å²) in [6.07, 6.45) is 7.26. The number of hydrogen-bond donors (Lipinski definition) is 0. The van der Waals surface area contributed by atoms with E-state index in [9.17, 15) is 8.42 Å². The van der Waals surface area contributed by atoms with Crippen LogP contribution in [0.15, 0.2) is 6.20 Å². The first-order chi connectivity index (χ1) is 10.5. The standard InChI is InChI=1S/C14H23ClN4O2S/c1-17-14(12(15)11-16-17)13-7-3-2-4-10-19(13)22(20,21)18-8-5-6-9-18/h11,13H,2-10H2,1H3/t13-/m1/s1. The largest absolute Gasteiger partial charge is 0.282 e. The molecule has 0 saturated carbocycles. The lowest BCUT2D eigenvalue weighted by Gasteiger charge is -2.32. The zero-order chi connectivity index (χ0) is 15.7. The second-order valence-electron chi connectivity index (χ2n) is 6.09. The van der Waals surface area contributed by atoms with Crippen molar-refractivity contribution >= 4 is 21.8 Å². The highest BCUT2D eigenvalue weighted by molar-refractivity contribution is 7.86. The Bertz CT molecular complexity index is 605. The molecule has 3 heterocycles. The van der Waals surface area contributed by atoms with Gasteiger partial charge in [0.2, 0.25) is 0 Å². The first-order valence-electron chi connectivity index (χ1n) is 7.96. The smallest absolute Gasteiger partial charge is 0.269 e. The molecule has 2 saturated heterocycles. The highest BCUT2D eigenvalue weighted by Crippen LogP contribution is 2.36. The van der Waals surface area contributed by atoms with Crippen LogP contribution in [0.2, 0.25) is 5.02 Å². The molecule has 2 fully saturated rings. The Labute approximate surface area is 137 Å². The van der Waals surface area contributed by atoms with Gasteiger partial charge in [0.15, 0.2) is 0 Å². The predicted octanol–water partition coefficient (Wildman–Crippen LogP) is 2.33. The van der Waals surface area contributed by atoms with Crippen LogP contribution in [0.3, 0.4) is 0 Å². The van der Waals surface area contributed by atoms with Crippen LogP contribution in [0.1, 0.15) is 50.3 Å². The molecule has 0 spiro atoms. The van der Waals surface area contributed by atoms with Crippen molar-refractivity contribution in [3.63, 3.8) is 0 Å². The molecule has 2 aliphatic rings. The van der Waals surface area contributed by atoms with Crippen LogP contribution < -0.4 is 0 Å². The van der Waals surface area contributed by atoms with Gasteiger partial charge in [0.05, 0.1) is 23.0 Å². The second kappa shape index (κ2) is 6.47. The minimum absolute atomic E-state index is 0.215. The fourth-order valence-corrected chi connectivity index (χ4v) is 5.69. The molecule has 1 atom stereocenters. The van der Waals surface area contributed by atoms with Gasteiger partial charge < -0.3 is 0 Å². The molecule has 124 valence electrons. The van der Waals surface area contributed by atoms with Gasteiger partial charge >= 0.3 is 0 Å². The van der Waals surface area contributed by atoms with E-state index in [1.807, 2.05) is 7.05 Å². The Kier molecular flexibility index (Phi) is 4.77. The molecule has 0 aromatic carbocycles. The highest BCUT2D eigenvalue weighted by Gasteiger charge is 2.39. The van der Waals surface area contributed by atoms with Crippen molar-refractivity contribution in [1.29, 1.82) is 0 Å². The van der Waals surface area contributed by atoms with E-state index in [1.165, 1.54) is 0 Å². The molecule has 0 N–H and O–H groups in total. The van der Waals surface area contributed by atoms with E-state index >= 15 is 0 Å². The number of nitrogens with zero attached hydrogens (tertiary/aromatic N) is 4. The van der Waals surface area contributed by atoms with Crippen LogP contribution in [0.5, 0.6) is 0 Å². The van der Waals surface area contributed by atoms with Crippen molar-refractivity contribution < 1.29 is 8.42 Å². The van der Waals surface area contributed by atoms with Crippen LogP contribution in [-0.4, -0.2) is 46.4 Å². The molecule has 8 heteroatoms. The quantitative estimate of drug-likeness (QED) is 0.844. The van der Waals surface area contributed by atoms with Gasteiger partial charge in [-0.25, -0.2) is 0 Å². The third-order valence-electron chi connectivity index (χ3n) is 4.64. The van der Waals surface area contributed by atoms with Crippen LogP contribution in [0.25, 0.3) is 0 Å². The summed E-state index contributed by atoms with van der Waals surface area (Å²) in [7, 11) is -1.60. The topological polar surface area (TPSA) is 58.4 Å². The summed E-state index contributed by atoms with van der Waals surface area (Å²) >= 11 is 6.29. The fraction of sp³-hybridized carbons (Fsp3) is 0.786. The molecule has 2 aliphatic heterocycles. The Morgan fingerprint density at radius 2 is 1.82 bits per heavy atom. The maximum atomic E-state index is 13.0. The third-order valence-corrected chi connectivity index (χ3v) is 6.98. The number of hydrogen-bond acceptors (Lipinski definition) is 3. The SMILES string of the molecule is Cn1ncc(Cl)c1[C@H]1CCCCCN1S(=O)(=O)N1CCCC1. The second-order valence-corrected chi connectivity index (χ2v) is 8.38. The van der Waals surface area contributed by atoms with Crippen molar-refractivity contribution in [2.75, 3.05) is 19.6 Å². The van der Waals surface area contributed by atoms with Crippen molar-refractivity contribution in [3.05, 3.63) is 16.9 Å². The molecule has 1 aromatic heterocycles. The fourth-order valence-electron chi connectivity index (χ4n) is 3.49. The van der Waals surface area contributed by atoms with Crippen molar-refractivity contribution in [3.8, 4) is 0 Å². The van der Waals surface area contributed by atoms with Crippen LogP contribution >= 0.6 is 11.6 Å². The molecular weight excluding hydrogens is 324 g/mol. The van der Waals surface area contributed by atoms with E-state index in [0.29, 0.717) is 24.7 Å². The van der Waals surface area contributed by atoms with Gasteiger partial charge in [0.25, 0.3) is 10.2 Å². The summed E-state index contributed by atoms with van der Waals surface area (Å²) in [5.41, 5.74) is 0.811. The summed E-state index contributed by atoms with van der Waals surface area (Å²) < 4.78 is 31.1. The lowest BCUT2D eigenvalue weighted by Crippen LogP contribution is -2.44.